The Kier molecular flexibility index (Phi) is 6.48. The second kappa shape index (κ2) is 7.05. The molecule has 0 rings (SSSR count). The van der Waals surface area contributed by atoms with Gasteiger partial charge < -0.3 is 21.0 Å². The number of ether oxygens (including phenoxy) is 1. The number of hydrogen-bond acceptors (Lipinski definition) is 4. The topological polar surface area (TPSA) is 96.9 Å². The normalized spacial score (nSPS) is 12.6. The van der Waals surface area contributed by atoms with E-state index in [2.05, 4.69) is 10.5 Å². The van der Waals surface area contributed by atoms with Crippen LogP contribution < -0.4 is 11.1 Å². The van der Waals surface area contributed by atoms with Crippen LogP contribution in [-0.4, -0.2) is 36.7 Å². The maximum Gasteiger partial charge on any atom is 0.246 e. The van der Waals surface area contributed by atoms with Gasteiger partial charge in [-0.15, -0.1) is 0 Å². The first kappa shape index (κ1) is 14.7. The zero-order valence-electron chi connectivity index (χ0n) is 10.1. The minimum absolute atomic E-state index is 0.0418. The van der Waals surface area contributed by atoms with Crippen LogP contribution in [0.5, 0.6) is 0 Å². The molecule has 0 unspecified atom stereocenters. The Balaban J connectivity index is 3.91. The fraction of sp³-hybridized carbons (Fsp3) is 0.800. The van der Waals surface area contributed by atoms with Gasteiger partial charge in [0.1, 0.15) is 12.4 Å². The lowest BCUT2D eigenvalue weighted by molar-refractivity contribution is -0.125. The van der Waals surface area contributed by atoms with Crippen LogP contribution in [0, 0.1) is 5.41 Å². The van der Waals surface area contributed by atoms with Crippen molar-refractivity contribution in [2.24, 2.45) is 16.3 Å². The summed E-state index contributed by atoms with van der Waals surface area (Å²) >= 11 is 0. The molecule has 94 valence electrons. The predicted molar refractivity (Wildman–Crippen MR) is 61.3 cm³/mol. The van der Waals surface area contributed by atoms with Crippen LogP contribution in [0.3, 0.4) is 0 Å². The van der Waals surface area contributed by atoms with Gasteiger partial charge in [0.15, 0.2) is 0 Å². The Morgan fingerprint density at radius 2 is 2.19 bits per heavy atom. The van der Waals surface area contributed by atoms with Crippen molar-refractivity contribution in [2.45, 2.75) is 27.2 Å². The van der Waals surface area contributed by atoms with Crippen molar-refractivity contribution in [3.8, 4) is 0 Å². The average Bonchev–Trinajstić information content (AvgIpc) is 2.25. The molecular formula is C10H21N3O3. The van der Waals surface area contributed by atoms with Gasteiger partial charge in [-0.25, -0.2) is 0 Å². The van der Waals surface area contributed by atoms with Crippen molar-refractivity contribution in [1.82, 2.24) is 5.32 Å². The number of carbonyl (C=O) groups excluding carboxylic acids is 1. The third-order valence-corrected chi connectivity index (χ3v) is 2.11. The molecule has 0 fully saturated rings. The lowest BCUT2D eigenvalue weighted by Gasteiger charge is -2.22. The SMILES string of the molecule is CCCOCC(=O)NCC(C)(C)C(N)=NO. The van der Waals surface area contributed by atoms with Gasteiger partial charge in [0.25, 0.3) is 0 Å². The molecule has 0 radical (unpaired) electrons. The number of amides is 1. The molecule has 0 aliphatic carbocycles. The predicted octanol–water partition coefficient (Wildman–Crippen LogP) is 0.302. The third-order valence-electron chi connectivity index (χ3n) is 2.11. The van der Waals surface area contributed by atoms with Gasteiger partial charge in [-0.3, -0.25) is 4.79 Å². The number of rotatable bonds is 7. The summed E-state index contributed by atoms with van der Waals surface area (Å²) in [5.41, 5.74) is 4.90. The Labute approximate surface area is 95.8 Å². The number of nitrogens with zero attached hydrogens (tertiary/aromatic N) is 1. The largest absolute Gasteiger partial charge is 0.409 e. The van der Waals surface area contributed by atoms with E-state index in [0.29, 0.717) is 13.2 Å². The third kappa shape index (κ3) is 5.55. The van der Waals surface area contributed by atoms with Crippen LogP contribution in [0.25, 0.3) is 0 Å². The fourth-order valence-electron chi connectivity index (χ4n) is 0.906. The summed E-state index contributed by atoms with van der Waals surface area (Å²) in [4.78, 5) is 11.3. The zero-order chi connectivity index (χ0) is 12.6. The van der Waals surface area contributed by atoms with E-state index >= 15 is 0 Å². The highest BCUT2D eigenvalue weighted by Gasteiger charge is 2.24. The average molecular weight is 231 g/mol. The van der Waals surface area contributed by atoms with Crippen molar-refractivity contribution in [2.75, 3.05) is 19.8 Å². The monoisotopic (exact) mass is 231 g/mol. The van der Waals surface area contributed by atoms with Crippen molar-refractivity contribution < 1.29 is 14.7 Å². The van der Waals surface area contributed by atoms with Crippen molar-refractivity contribution >= 4 is 11.7 Å². The van der Waals surface area contributed by atoms with Gasteiger partial charge in [0, 0.05) is 18.6 Å². The van der Waals surface area contributed by atoms with E-state index < -0.39 is 5.41 Å². The van der Waals surface area contributed by atoms with Gasteiger partial charge in [-0.1, -0.05) is 25.9 Å². The summed E-state index contributed by atoms with van der Waals surface area (Å²) in [6, 6.07) is 0. The van der Waals surface area contributed by atoms with Crippen molar-refractivity contribution in [3.05, 3.63) is 0 Å². The summed E-state index contributed by atoms with van der Waals surface area (Å²) < 4.78 is 5.07. The number of amidine groups is 1. The minimum Gasteiger partial charge on any atom is -0.409 e. The first-order chi connectivity index (χ1) is 7.44. The first-order valence-corrected chi connectivity index (χ1v) is 5.26. The number of oxime groups is 1. The van der Waals surface area contributed by atoms with E-state index in [1.165, 1.54) is 0 Å². The first-order valence-electron chi connectivity index (χ1n) is 5.26. The highest BCUT2D eigenvalue weighted by molar-refractivity contribution is 5.86. The molecule has 0 heterocycles. The van der Waals surface area contributed by atoms with Crippen LogP contribution >= 0.6 is 0 Å². The molecule has 4 N–H and O–H groups in total. The van der Waals surface area contributed by atoms with E-state index in [-0.39, 0.29) is 18.3 Å². The smallest absolute Gasteiger partial charge is 0.246 e. The van der Waals surface area contributed by atoms with Gasteiger partial charge >= 0.3 is 0 Å². The molecule has 0 aromatic carbocycles. The highest BCUT2D eigenvalue weighted by Crippen LogP contribution is 2.12. The quantitative estimate of drug-likeness (QED) is 0.193. The summed E-state index contributed by atoms with van der Waals surface area (Å²) in [6.45, 7) is 6.43. The minimum atomic E-state index is -0.574. The summed E-state index contributed by atoms with van der Waals surface area (Å²) in [6.07, 6.45) is 0.878. The van der Waals surface area contributed by atoms with E-state index in [4.69, 9.17) is 15.7 Å². The van der Waals surface area contributed by atoms with Crippen molar-refractivity contribution in [3.63, 3.8) is 0 Å². The number of nitrogens with one attached hydrogen (secondary N) is 1. The Hall–Kier alpha value is -1.30. The van der Waals surface area contributed by atoms with Gasteiger partial charge in [0.05, 0.1) is 0 Å². The lowest BCUT2D eigenvalue weighted by atomic mass is 9.92. The summed E-state index contributed by atoms with van der Waals surface area (Å²) in [5, 5.41) is 14.1. The molecule has 0 atom stereocenters. The number of carbonyl (C=O) groups is 1. The van der Waals surface area contributed by atoms with Crippen LogP contribution in [0.15, 0.2) is 5.16 Å². The molecule has 0 aromatic heterocycles. The second-order valence-electron chi connectivity index (χ2n) is 4.20. The molecule has 1 amide bonds. The Morgan fingerprint density at radius 3 is 2.69 bits per heavy atom. The van der Waals surface area contributed by atoms with Crippen LogP contribution in [0.4, 0.5) is 0 Å². The maximum absolute atomic E-state index is 11.3. The molecule has 0 bridgehead atoms. The van der Waals surface area contributed by atoms with Crippen molar-refractivity contribution in [1.29, 1.82) is 0 Å². The zero-order valence-corrected chi connectivity index (χ0v) is 10.1. The molecule has 16 heavy (non-hydrogen) atoms. The fourth-order valence-corrected chi connectivity index (χ4v) is 0.906. The van der Waals surface area contributed by atoms with E-state index in [0.717, 1.165) is 6.42 Å². The van der Waals surface area contributed by atoms with Crippen LogP contribution in [0.2, 0.25) is 0 Å². The van der Waals surface area contributed by atoms with Gasteiger partial charge in [-0.05, 0) is 6.42 Å². The van der Waals surface area contributed by atoms with E-state index in [1.807, 2.05) is 6.92 Å². The molecule has 0 spiro atoms. The van der Waals surface area contributed by atoms with E-state index in [9.17, 15) is 4.79 Å². The molecule has 0 saturated carbocycles. The van der Waals surface area contributed by atoms with E-state index in [1.54, 1.807) is 13.8 Å². The van der Waals surface area contributed by atoms with Crippen LogP contribution in [-0.2, 0) is 9.53 Å². The Morgan fingerprint density at radius 1 is 1.56 bits per heavy atom. The molecular weight excluding hydrogens is 210 g/mol. The molecule has 6 nitrogen and oxygen atoms in total. The summed E-state index contributed by atoms with van der Waals surface area (Å²) in [5.74, 6) is -0.116. The van der Waals surface area contributed by atoms with Crippen LogP contribution in [0.1, 0.15) is 27.2 Å². The highest BCUT2D eigenvalue weighted by atomic mass is 16.5. The lowest BCUT2D eigenvalue weighted by Crippen LogP contribution is -2.43. The summed E-state index contributed by atoms with van der Waals surface area (Å²) in [7, 11) is 0. The molecule has 0 aliphatic rings. The number of hydrogen-bond donors (Lipinski definition) is 3. The number of nitrogens with two attached hydrogens (primary N) is 1. The Bertz CT molecular complexity index is 252. The molecule has 0 aromatic rings. The maximum atomic E-state index is 11.3. The standard InChI is InChI=1S/C10H21N3O3/c1-4-5-16-6-8(14)12-7-10(2,3)9(11)13-15/h15H,4-7H2,1-3H3,(H2,11,13)(H,12,14). The second-order valence-corrected chi connectivity index (χ2v) is 4.20. The van der Waals surface area contributed by atoms with Gasteiger partial charge in [-0.2, -0.15) is 0 Å². The molecule has 6 heteroatoms. The van der Waals surface area contributed by atoms with Gasteiger partial charge in [0.2, 0.25) is 5.91 Å². The molecule has 0 aliphatic heterocycles. The molecule has 0 saturated heterocycles.